The number of carbonyl (C=O) groups excluding carboxylic acids is 1. The number of nitrogens with zero attached hydrogens (tertiary/aromatic N) is 2. The van der Waals surface area contributed by atoms with Crippen LogP contribution in [0, 0.1) is 6.92 Å². The lowest BCUT2D eigenvalue weighted by atomic mass is 10.2. The largest absolute Gasteiger partial charge is 0.379 e. The maximum atomic E-state index is 11.7. The van der Waals surface area contributed by atoms with E-state index in [0.29, 0.717) is 18.1 Å². The van der Waals surface area contributed by atoms with Crippen molar-refractivity contribution < 1.29 is 14.1 Å². The first-order valence-electron chi connectivity index (χ1n) is 6.45. The smallest absolute Gasteiger partial charge is 0.320 e. The first-order chi connectivity index (χ1) is 9.15. The monoisotopic (exact) mass is 268 g/mol. The summed E-state index contributed by atoms with van der Waals surface area (Å²) in [6, 6.07) is 1.69. The van der Waals surface area contributed by atoms with Crippen LogP contribution in [0.25, 0.3) is 0 Å². The normalized spacial score (nSPS) is 18.0. The van der Waals surface area contributed by atoms with Gasteiger partial charge in [0.2, 0.25) is 0 Å². The van der Waals surface area contributed by atoms with E-state index in [0.717, 1.165) is 26.3 Å². The minimum absolute atomic E-state index is 0.270. The van der Waals surface area contributed by atoms with Gasteiger partial charge in [0, 0.05) is 31.7 Å². The van der Waals surface area contributed by atoms with Gasteiger partial charge in [-0.3, -0.25) is 10.2 Å². The summed E-state index contributed by atoms with van der Waals surface area (Å²) in [6.45, 7) is 7.79. The molecule has 0 unspecified atom stereocenters. The second-order valence-corrected chi connectivity index (χ2v) is 4.66. The highest BCUT2D eigenvalue weighted by Gasteiger charge is 2.17. The van der Waals surface area contributed by atoms with Crippen LogP contribution in [-0.2, 0) is 4.74 Å². The molecule has 0 spiro atoms. The number of hydrogen-bond donors (Lipinski definition) is 2. The van der Waals surface area contributed by atoms with E-state index < -0.39 is 0 Å². The van der Waals surface area contributed by atoms with E-state index in [4.69, 9.17) is 9.26 Å². The zero-order chi connectivity index (χ0) is 13.7. The van der Waals surface area contributed by atoms with Crippen LogP contribution in [0.5, 0.6) is 0 Å². The first kappa shape index (κ1) is 13.8. The van der Waals surface area contributed by atoms with E-state index in [1.165, 1.54) is 0 Å². The molecule has 106 valence electrons. The lowest BCUT2D eigenvalue weighted by Gasteiger charge is -2.32. The fourth-order valence-corrected chi connectivity index (χ4v) is 1.97. The Morgan fingerprint density at radius 1 is 1.53 bits per heavy atom. The standard InChI is InChI=1S/C12H20N4O3/c1-9(16-3-5-18-6-4-16)8-13-12(17)14-11-7-10(2)19-15-11/h7,9H,3-6,8H2,1-2H3,(H2,13,14,15,17)/t9-/m1/s1. The number of morpholine rings is 1. The van der Waals surface area contributed by atoms with Crippen LogP contribution in [0.3, 0.4) is 0 Å². The molecule has 1 aromatic rings. The molecule has 1 aromatic heterocycles. The van der Waals surface area contributed by atoms with Crippen molar-refractivity contribution in [2.75, 3.05) is 38.2 Å². The molecule has 0 radical (unpaired) electrons. The van der Waals surface area contributed by atoms with E-state index >= 15 is 0 Å². The van der Waals surface area contributed by atoms with Gasteiger partial charge in [-0.2, -0.15) is 0 Å². The lowest BCUT2D eigenvalue weighted by Crippen LogP contribution is -2.47. The molecule has 1 aliphatic heterocycles. The third-order valence-corrected chi connectivity index (χ3v) is 3.10. The molecule has 19 heavy (non-hydrogen) atoms. The number of carbonyl (C=O) groups is 1. The average molecular weight is 268 g/mol. The Balaban J connectivity index is 1.70. The summed E-state index contributed by atoms with van der Waals surface area (Å²) in [6.07, 6.45) is 0. The molecule has 2 rings (SSSR count). The number of aryl methyl sites for hydroxylation is 1. The molecule has 2 amide bonds. The number of urea groups is 1. The van der Waals surface area contributed by atoms with Crippen molar-refractivity contribution in [1.82, 2.24) is 15.4 Å². The van der Waals surface area contributed by atoms with Gasteiger partial charge >= 0.3 is 6.03 Å². The quantitative estimate of drug-likeness (QED) is 0.845. The second-order valence-electron chi connectivity index (χ2n) is 4.66. The third kappa shape index (κ3) is 4.22. The summed E-state index contributed by atoms with van der Waals surface area (Å²) in [5.41, 5.74) is 0. The zero-order valence-electron chi connectivity index (χ0n) is 11.3. The van der Waals surface area contributed by atoms with Gasteiger partial charge in [0.05, 0.1) is 13.2 Å². The number of anilines is 1. The Labute approximate surface area is 112 Å². The minimum Gasteiger partial charge on any atom is -0.379 e. The summed E-state index contributed by atoms with van der Waals surface area (Å²) in [4.78, 5) is 14.0. The average Bonchev–Trinajstić information content (AvgIpc) is 2.82. The molecule has 0 saturated carbocycles. The Bertz CT molecular complexity index is 415. The van der Waals surface area contributed by atoms with Gasteiger partial charge in [0.15, 0.2) is 5.82 Å². The molecular formula is C12H20N4O3. The number of amides is 2. The fraction of sp³-hybridized carbons (Fsp3) is 0.667. The van der Waals surface area contributed by atoms with Crippen LogP contribution in [-0.4, -0.2) is 55.0 Å². The van der Waals surface area contributed by atoms with Gasteiger partial charge in [0.1, 0.15) is 5.76 Å². The molecule has 1 fully saturated rings. The van der Waals surface area contributed by atoms with Crippen molar-refractivity contribution in [2.45, 2.75) is 19.9 Å². The van der Waals surface area contributed by atoms with Crippen molar-refractivity contribution >= 4 is 11.8 Å². The van der Waals surface area contributed by atoms with Gasteiger partial charge in [-0.25, -0.2) is 4.79 Å². The summed E-state index contributed by atoms with van der Waals surface area (Å²) >= 11 is 0. The van der Waals surface area contributed by atoms with E-state index in [1.807, 2.05) is 0 Å². The van der Waals surface area contributed by atoms with E-state index in [2.05, 4.69) is 27.6 Å². The van der Waals surface area contributed by atoms with E-state index in [1.54, 1.807) is 13.0 Å². The van der Waals surface area contributed by atoms with Gasteiger partial charge in [0.25, 0.3) is 0 Å². The highest BCUT2D eigenvalue weighted by Crippen LogP contribution is 2.06. The molecular weight excluding hydrogens is 248 g/mol. The molecule has 2 heterocycles. The molecule has 7 heteroatoms. The van der Waals surface area contributed by atoms with Crippen molar-refractivity contribution in [2.24, 2.45) is 0 Å². The predicted octanol–water partition coefficient (Wildman–Crippen LogP) is 0.825. The highest BCUT2D eigenvalue weighted by atomic mass is 16.5. The highest BCUT2D eigenvalue weighted by molar-refractivity contribution is 5.88. The fourth-order valence-electron chi connectivity index (χ4n) is 1.97. The maximum absolute atomic E-state index is 11.7. The Hall–Kier alpha value is -1.60. The van der Waals surface area contributed by atoms with Crippen molar-refractivity contribution in [3.63, 3.8) is 0 Å². The van der Waals surface area contributed by atoms with Gasteiger partial charge in [-0.05, 0) is 13.8 Å². The number of ether oxygens (including phenoxy) is 1. The van der Waals surface area contributed by atoms with Crippen LogP contribution < -0.4 is 10.6 Å². The number of rotatable bonds is 4. The second kappa shape index (κ2) is 6.53. The van der Waals surface area contributed by atoms with Crippen molar-refractivity contribution in [3.05, 3.63) is 11.8 Å². The number of aromatic nitrogens is 1. The summed E-state index contributed by atoms with van der Waals surface area (Å²) in [5, 5.41) is 9.14. The van der Waals surface area contributed by atoms with Crippen LogP contribution in [0.2, 0.25) is 0 Å². The van der Waals surface area contributed by atoms with Gasteiger partial charge in [-0.15, -0.1) is 0 Å². The molecule has 7 nitrogen and oxygen atoms in total. The van der Waals surface area contributed by atoms with Crippen molar-refractivity contribution in [1.29, 1.82) is 0 Å². The number of hydrogen-bond acceptors (Lipinski definition) is 5. The first-order valence-corrected chi connectivity index (χ1v) is 6.45. The van der Waals surface area contributed by atoms with E-state index in [-0.39, 0.29) is 12.1 Å². The van der Waals surface area contributed by atoms with Crippen LogP contribution >= 0.6 is 0 Å². The number of nitrogens with one attached hydrogen (secondary N) is 2. The molecule has 2 N–H and O–H groups in total. The van der Waals surface area contributed by atoms with Gasteiger partial charge < -0.3 is 14.6 Å². The molecule has 1 saturated heterocycles. The Kier molecular flexibility index (Phi) is 4.75. The van der Waals surface area contributed by atoms with Crippen molar-refractivity contribution in [3.8, 4) is 0 Å². The van der Waals surface area contributed by atoms with E-state index in [9.17, 15) is 4.79 Å². The zero-order valence-corrected chi connectivity index (χ0v) is 11.3. The Morgan fingerprint density at radius 2 is 2.26 bits per heavy atom. The SMILES string of the molecule is Cc1cc(NC(=O)NC[C@@H](C)N2CCOCC2)no1. The molecule has 1 atom stereocenters. The summed E-state index contributed by atoms with van der Waals surface area (Å²) in [5.74, 6) is 1.09. The molecule has 0 aromatic carbocycles. The topological polar surface area (TPSA) is 79.6 Å². The van der Waals surface area contributed by atoms with Gasteiger partial charge in [-0.1, -0.05) is 5.16 Å². The molecule has 0 aliphatic carbocycles. The van der Waals surface area contributed by atoms with Crippen LogP contribution in [0.1, 0.15) is 12.7 Å². The minimum atomic E-state index is -0.270. The lowest BCUT2D eigenvalue weighted by molar-refractivity contribution is 0.0209. The van der Waals surface area contributed by atoms with Crippen LogP contribution in [0.4, 0.5) is 10.6 Å². The predicted molar refractivity (Wildman–Crippen MR) is 70.1 cm³/mol. The third-order valence-electron chi connectivity index (χ3n) is 3.10. The molecule has 0 bridgehead atoms. The summed E-state index contributed by atoms with van der Waals surface area (Å²) < 4.78 is 10.2. The Morgan fingerprint density at radius 3 is 2.89 bits per heavy atom. The molecule has 1 aliphatic rings. The maximum Gasteiger partial charge on any atom is 0.320 e. The summed E-state index contributed by atoms with van der Waals surface area (Å²) in [7, 11) is 0. The van der Waals surface area contributed by atoms with Crippen LogP contribution in [0.15, 0.2) is 10.6 Å².